The van der Waals surface area contributed by atoms with Crippen LogP contribution < -0.4 is 5.32 Å². The average Bonchev–Trinajstić information content (AvgIpc) is 3.22. The Bertz CT molecular complexity index is 1370. The van der Waals surface area contributed by atoms with Gasteiger partial charge >= 0.3 is 12.1 Å². The van der Waals surface area contributed by atoms with Crippen molar-refractivity contribution in [2.75, 3.05) is 71.3 Å². The lowest BCUT2D eigenvalue weighted by Crippen LogP contribution is -2.56. The van der Waals surface area contributed by atoms with E-state index in [0.29, 0.717) is 58.0 Å². The van der Waals surface area contributed by atoms with Crippen molar-refractivity contribution in [1.82, 2.24) is 24.5 Å². The number of urea groups is 1. The molecule has 248 valence electrons. The number of hydrogen-bond acceptors (Lipinski definition) is 6. The number of hydrogen-bond donors (Lipinski definition) is 1. The number of piperazine rings is 1. The van der Waals surface area contributed by atoms with Crippen molar-refractivity contribution in [2.45, 2.75) is 70.6 Å². The summed E-state index contributed by atoms with van der Waals surface area (Å²) in [5.74, 6) is -0.105. The third-order valence-corrected chi connectivity index (χ3v) is 10.4. The predicted octanol–water partition coefficient (Wildman–Crippen LogP) is 4.14. The highest BCUT2D eigenvalue weighted by Gasteiger charge is 2.36. The van der Waals surface area contributed by atoms with Gasteiger partial charge in [0.2, 0.25) is 0 Å². The zero-order valence-electron chi connectivity index (χ0n) is 27.7. The first kappa shape index (κ1) is 32.3. The Labute approximate surface area is 273 Å². The fourth-order valence-electron chi connectivity index (χ4n) is 7.75. The number of piperidine rings is 2. The zero-order valence-corrected chi connectivity index (χ0v) is 27.7. The number of carbonyl (C=O) groups excluding carboxylic acids is 3. The first-order valence-corrected chi connectivity index (χ1v) is 17.1. The number of carbonyl (C=O) groups is 3. The van der Waals surface area contributed by atoms with E-state index in [2.05, 4.69) is 60.3 Å². The zero-order chi connectivity index (χ0) is 32.2. The molecule has 46 heavy (non-hydrogen) atoms. The van der Waals surface area contributed by atoms with Gasteiger partial charge in [-0.25, -0.2) is 9.59 Å². The Kier molecular flexibility index (Phi) is 10.1. The van der Waals surface area contributed by atoms with Crippen molar-refractivity contribution >= 4 is 23.7 Å². The summed E-state index contributed by atoms with van der Waals surface area (Å²) in [4.78, 5) is 51.1. The Morgan fingerprint density at radius 2 is 1.48 bits per heavy atom. The number of benzene rings is 2. The molecule has 0 spiro atoms. The molecular weight excluding hydrogens is 580 g/mol. The quantitative estimate of drug-likeness (QED) is 0.516. The molecule has 4 aliphatic heterocycles. The van der Waals surface area contributed by atoms with Gasteiger partial charge < -0.3 is 29.7 Å². The monoisotopic (exact) mass is 630 g/mol. The summed E-state index contributed by atoms with van der Waals surface area (Å²) >= 11 is 0. The molecule has 3 fully saturated rings. The summed E-state index contributed by atoms with van der Waals surface area (Å²) in [7, 11) is 2.18. The number of fused-ring (bicyclic) bond motifs is 1. The maximum Gasteiger partial charge on any atom is 0.410 e. The second-order valence-corrected chi connectivity index (χ2v) is 13.7. The van der Waals surface area contributed by atoms with Crippen LogP contribution in [-0.4, -0.2) is 127 Å². The van der Waals surface area contributed by atoms with Gasteiger partial charge in [0.25, 0.3) is 5.91 Å². The molecule has 0 aliphatic carbocycles. The highest BCUT2D eigenvalue weighted by molar-refractivity contribution is 5.91. The first-order chi connectivity index (χ1) is 22.2. The summed E-state index contributed by atoms with van der Waals surface area (Å²) in [6, 6.07) is 14.8. The molecule has 10 nitrogen and oxygen atoms in total. The topological polar surface area (TPSA) is 88.7 Å². The maximum absolute atomic E-state index is 14.0. The van der Waals surface area contributed by atoms with Gasteiger partial charge in [-0.1, -0.05) is 47.5 Å². The predicted molar refractivity (Wildman–Crippen MR) is 179 cm³/mol. The van der Waals surface area contributed by atoms with Gasteiger partial charge in [-0.05, 0) is 83.3 Å². The van der Waals surface area contributed by atoms with Crippen LogP contribution in [-0.2, 0) is 22.4 Å². The molecule has 3 saturated heterocycles. The van der Waals surface area contributed by atoms with Gasteiger partial charge in [-0.3, -0.25) is 9.69 Å². The molecular formula is C36H50N6O4. The molecule has 0 aromatic heterocycles. The van der Waals surface area contributed by atoms with E-state index >= 15 is 0 Å². The van der Waals surface area contributed by atoms with E-state index in [1.165, 1.54) is 12.8 Å². The number of amides is 4. The largest absolute Gasteiger partial charge is 0.436 e. The lowest BCUT2D eigenvalue weighted by Gasteiger charge is -2.42. The molecule has 0 saturated carbocycles. The van der Waals surface area contributed by atoms with Gasteiger partial charge in [0, 0.05) is 70.0 Å². The summed E-state index contributed by atoms with van der Waals surface area (Å²) in [5.41, 5.74) is 5.27. The molecule has 2 aromatic rings. The molecule has 0 bridgehead atoms. The molecule has 6 rings (SSSR count). The standard InChI is InChI=1S/C36H50N6O4/c1-26-22-27(2)24-28(23-26)25-33(34(43)40-20-18-39(19-21-40)30-9-13-38(3)14-10-30)46-36(45)41-15-11-31(12-16-41)42-17-8-29-6-4-5-7-32(29)37-35(42)44/h4-7,22-24,30-31,33H,8-21,25H2,1-3H3,(H,37,44). The lowest BCUT2D eigenvalue weighted by molar-refractivity contribution is -0.143. The van der Waals surface area contributed by atoms with Crippen molar-refractivity contribution < 1.29 is 19.1 Å². The molecule has 4 heterocycles. The molecule has 4 aliphatic rings. The number of rotatable bonds is 6. The molecule has 0 radical (unpaired) electrons. The SMILES string of the molecule is Cc1cc(C)cc(CC(OC(=O)N2CCC(N3CCc4ccccc4NC3=O)CC2)C(=O)N2CCN(C3CCN(C)CC3)CC2)c1. The summed E-state index contributed by atoms with van der Waals surface area (Å²) in [5, 5.41) is 3.06. The number of nitrogens with one attached hydrogen (secondary N) is 1. The Morgan fingerprint density at radius 1 is 0.826 bits per heavy atom. The van der Waals surface area contributed by atoms with Gasteiger partial charge in [0.1, 0.15) is 0 Å². The first-order valence-electron chi connectivity index (χ1n) is 17.1. The van der Waals surface area contributed by atoms with Gasteiger partial charge in [-0.15, -0.1) is 0 Å². The van der Waals surface area contributed by atoms with Crippen LogP contribution in [0.5, 0.6) is 0 Å². The summed E-state index contributed by atoms with van der Waals surface area (Å²) in [6.45, 7) is 11.0. The molecule has 1 atom stereocenters. The molecule has 4 amide bonds. The number of nitrogens with zero attached hydrogens (tertiary/aromatic N) is 5. The van der Waals surface area contributed by atoms with E-state index in [1.807, 2.05) is 28.0 Å². The van der Waals surface area contributed by atoms with Gasteiger partial charge in [0.05, 0.1) is 0 Å². The van der Waals surface area contributed by atoms with Crippen LogP contribution >= 0.6 is 0 Å². The molecule has 10 heteroatoms. The molecule has 2 aromatic carbocycles. The average molecular weight is 631 g/mol. The third-order valence-electron chi connectivity index (χ3n) is 10.4. The van der Waals surface area contributed by atoms with Gasteiger partial charge in [0.15, 0.2) is 6.10 Å². The third kappa shape index (κ3) is 7.66. The Balaban J connectivity index is 1.07. The van der Waals surface area contributed by atoms with Crippen LogP contribution in [0, 0.1) is 13.8 Å². The van der Waals surface area contributed by atoms with E-state index in [-0.39, 0.29) is 18.0 Å². The fraction of sp³-hybridized carbons (Fsp3) is 0.583. The van der Waals surface area contributed by atoms with Crippen molar-refractivity contribution in [1.29, 1.82) is 0 Å². The molecule has 1 unspecified atom stereocenters. The normalized spacial score (nSPS) is 21.4. The number of anilines is 1. The van der Waals surface area contributed by atoms with Crippen molar-refractivity contribution in [2.24, 2.45) is 0 Å². The fourth-order valence-corrected chi connectivity index (χ4v) is 7.75. The highest BCUT2D eigenvalue weighted by atomic mass is 16.6. The van der Waals surface area contributed by atoms with Gasteiger partial charge in [-0.2, -0.15) is 0 Å². The number of para-hydroxylation sites is 1. The van der Waals surface area contributed by atoms with Crippen LogP contribution in [0.3, 0.4) is 0 Å². The molecule has 1 N–H and O–H groups in total. The number of aryl methyl sites for hydroxylation is 2. The summed E-state index contributed by atoms with van der Waals surface area (Å²) < 4.78 is 6.09. The van der Waals surface area contributed by atoms with Crippen LogP contribution in [0.15, 0.2) is 42.5 Å². The van der Waals surface area contributed by atoms with Crippen LogP contribution in [0.4, 0.5) is 15.3 Å². The Morgan fingerprint density at radius 3 is 2.17 bits per heavy atom. The van der Waals surface area contributed by atoms with E-state index in [1.54, 1.807) is 4.90 Å². The minimum Gasteiger partial charge on any atom is -0.436 e. The van der Waals surface area contributed by atoms with Crippen LogP contribution in [0.1, 0.15) is 47.9 Å². The van der Waals surface area contributed by atoms with Crippen LogP contribution in [0.2, 0.25) is 0 Å². The Hall–Kier alpha value is -3.63. The minimum atomic E-state index is -0.879. The van der Waals surface area contributed by atoms with Crippen molar-refractivity contribution in [3.63, 3.8) is 0 Å². The highest BCUT2D eigenvalue weighted by Crippen LogP contribution is 2.26. The maximum atomic E-state index is 14.0. The van der Waals surface area contributed by atoms with E-state index in [0.717, 1.165) is 60.5 Å². The van der Waals surface area contributed by atoms with Crippen molar-refractivity contribution in [3.05, 3.63) is 64.7 Å². The second-order valence-electron chi connectivity index (χ2n) is 13.7. The van der Waals surface area contributed by atoms with E-state index < -0.39 is 12.2 Å². The summed E-state index contributed by atoms with van der Waals surface area (Å²) in [6.07, 6.45) is 3.52. The number of ether oxygens (including phenoxy) is 1. The number of likely N-dealkylation sites (tertiary alicyclic amines) is 2. The lowest BCUT2D eigenvalue weighted by atomic mass is 10.0. The second kappa shape index (κ2) is 14.4. The minimum absolute atomic E-state index is 0.0481. The van der Waals surface area contributed by atoms with Crippen LogP contribution in [0.25, 0.3) is 0 Å². The van der Waals surface area contributed by atoms with E-state index in [9.17, 15) is 14.4 Å². The van der Waals surface area contributed by atoms with E-state index in [4.69, 9.17) is 4.74 Å². The van der Waals surface area contributed by atoms with Crippen molar-refractivity contribution in [3.8, 4) is 0 Å². The smallest absolute Gasteiger partial charge is 0.410 e.